The van der Waals surface area contributed by atoms with Crippen LogP contribution in [-0.4, -0.2) is 45.2 Å². The lowest BCUT2D eigenvalue weighted by atomic mass is 10.0. The van der Waals surface area contributed by atoms with Gasteiger partial charge in [-0.15, -0.1) is 0 Å². The summed E-state index contributed by atoms with van der Waals surface area (Å²) in [6.07, 6.45) is 3.82. The summed E-state index contributed by atoms with van der Waals surface area (Å²) in [5.41, 5.74) is 1.69. The largest absolute Gasteiger partial charge is 0.465 e. The second kappa shape index (κ2) is 5.95. The smallest absolute Gasteiger partial charge is 0.407 e. The highest BCUT2D eigenvalue weighted by molar-refractivity contribution is 5.75. The molecule has 2 N–H and O–H groups in total. The lowest BCUT2D eigenvalue weighted by Crippen LogP contribution is -2.46. The molecule has 0 aromatic carbocycles. The molecule has 0 aliphatic carbocycles. The van der Waals surface area contributed by atoms with Crippen molar-refractivity contribution in [2.75, 3.05) is 18.4 Å². The van der Waals surface area contributed by atoms with E-state index in [1.807, 2.05) is 24.3 Å². The molecule has 21 heavy (non-hydrogen) atoms. The minimum atomic E-state index is -0.836. The lowest BCUT2D eigenvalue weighted by Gasteiger charge is -2.33. The average molecular weight is 286 g/mol. The van der Waals surface area contributed by atoms with E-state index < -0.39 is 6.09 Å². The maximum Gasteiger partial charge on any atom is 0.407 e. The van der Waals surface area contributed by atoms with E-state index in [0.29, 0.717) is 13.1 Å². The molecule has 2 aromatic heterocycles. The Morgan fingerprint density at radius 2 is 2.24 bits per heavy atom. The minimum absolute atomic E-state index is 0.0163. The zero-order valence-corrected chi connectivity index (χ0v) is 11.7. The van der Waals surface area contributed by atoms with Gasteiger partial charge in [-0.2, -0.15) is 0 Å². The number of amides is 1. The van der Waals surface area contributed by atoms with E-state index in [0.717, 1.165) is 36.1 Å². The molecule has 6 nitrogen and oxygen atoms in total. The molecule has 3 heterocycles. The van der Waals surface area contributed by atoms with Crippen LogP contribution in [0.4, 0.5) is 10.6 Å². The monoisotopic (exact) mass is 286 g/mol. The molecule has 0 spiro atoms. The van der Waals surface area contributed by atoms with Crippen LogP contribution < -0.4 is 5.32 Å². The third-order valence-electron chi connectivity index (χ3n) is 3.85. The number of fused-ring (bicyclic) bond motifs is 1. The number of nitrogens with one attached hydrogen (secondary N) is 1. The number of hydrogen-bond acceptors (Lipinski definition) is 4. The Hall–Kier alpha value is -2.37. The highest BCUT2D eigenvalue weighted by atomic mass is 16.4. The Morgan fingerprint density at radius 1 is 1.33 bits per heavy atom. The van der Waals surface area contributed by atoms with Crippen molar-refractivity contribution in [3.05, 3.63) is 30.5 Å². The molecular weight excluding hydrogens is 268 g/mol. The Bertz CT molecular complexity index is 646. The standard InChI is InChI=1S/C15H18N4O2/c20-15(21)19-9-2-1-4-11(19)10-17-14-7-6-12-13(18-14)5-3-8-16-12/h3,5-8,11H,1-2,4,9-10H2,(H,17,18)(H,20,21). The molecule has 1 saturated heterocycles. The van der Waals surface area contributed by atoms with E-state index in [2.05, 4.69) is 15.3 Å². The van der Waals surface area contributed by atoms with Crippen LogP contribution >= 0.6 is 0 Å². The van der Waals surface area contributed by atoms with Crippen LogP contribution in [0.25, 0.3) is 11.0 Å². The first-order valence-electron chi connectivity index (χ1n) is 7.19. The molecule has 3 rings (SSSR count). The summed E-state index contributed by atoms with van der Waals surface area (Å²) in [6, 6.07) is 7.58. The van der Waals surface area contributed by atoms with Gasteiger partial charge in [-0.1, -0.05) is 0 Å². The number of hydrogen-bond donors (Lipinski definition) is 2. The SMILES string of the molecule is O=C(O)N1CCCCC1CNc1ccc2ncccc2n1. The van der Waals surface area contributed by atoms with Crippen molar-refractivity contribution in [3.63, 3.8) is 0 Å². The average Bonchev–Trinajstić information content (AvgIpc) is 2.53. The minimum Gasteiger partial charge on any atom is -0.465 e. The predicted octanol–water partition coefficient (Wildman–Crippen LogP) is 2.57. The van der Waals surface area contributed by atoms with Gasteiger partial charge in [-0.25, -0.2) is 9.78 Å². The lowest BCUT2D eigenvalue weighted by molar-refractivity contribution is 0.110. The van der Waals surface area contributed by atoms with Crippen molar-refractivity contribution in [1.29, 1.82) is 0 Å². The molecule has 1 unspecified atom stereocenters. The first kappa shape index (κ1) is 13.6. The first-order valence-corrected chi connectivity index (χ1v) is 7.19. The van der Waals surface area contributed by atoms with Gasteiger partial charge in [0.15, 0.2) is 0 Å². The van der Waals surface area contributed by atoms with Gasteiger partial charge in [0, 0.05) is 19.3 Å². The van der Waals surface area contributed by atoms with Gasteiger partial charge in [0.1, 0.15) is 5.82 Å². The molecule has 6 heteroatoms. The van der Waals surface area contributed by atoms with E-state index >= 15 is 0 Å². The number of aromatic nitrogens is 2. The number of likely N-dealkylation sites (tertiary alicyclic amines) is 1. The molecule has 2 aromatic rings. The van der Waals surface area contributed by atoms with E-state index in [1.54, 1.807) is 6.20 Å². The highest BCUT2D eigenvalue weighted by Gasteiger charge is 2.25. The first-order chi connectivity index (χ1) is 10.2. The van der Waals surface area contributed by atoms with Crippen LogP contribution in [0.1, 0.15) is 19.3 Å². The summed E-state index contributed by atoms with van der Waals surface area (Å²) in [7, 11) is 0. The number of carboxylic acid groups (broad SMARTS) is 1. The van der Waals surface area contributed by atoms with E-state index in [9.17, 15) is 9.90 Å². The van der Waals surface area contributed by atoms with Crippen LogP contribution in [0.5, 0.6) is 0 Å². The second-order valence-corrected chi connectivity index (χ2v) is 5.24. The molecule has 1 aliphatic rings. The summed E-state index contributed by atoms with van der Waals surface area (Å²) in [6.45, 7) is 1.21. The fourth-order valence-electron chi connectivity index (χ4n) is 2.74. The highest BCUT2D eigenvalue weighted by Crippen LogP contribution is 2.18. The number of pyridine rings is 2. The molecule has 0 bridgehead atoms. The van der Waals surface area contributed by atoms with Crippen LogP contribution in [0.15, 0.2) is 30.5 Å². The van der Waals surface area contributed by atoms with Crippen LogP contribution in [-0.2, 0) is 0 Å². The molecule has 1 aliphatic heterocycles. The summed E-state index contributed by atoms with van der Waals surface area (Å²) in [4.78, 5) is 21.5. The molecule has 0 saturated carbocycles. The summed E-state index contributed by atoms with van der Waals surface area (Å²) in [5, 5.41) is 12.5. The van der Waals surface area contributed by atoms with Crippen molar-refractivity contribution in [1.82, 2.24) is 14.9 Å². The van der Waals surface area contributed by atoms with E-state index in [1.165, 1.54) is 4.90 Å². The van der Waals surface area contributed by atoms with Gasteiger partial charge >= 0.3 is 6.09 Å². The zero-order chi connectivity index (χ0) is 14.7. The van der Waals surface area contributed by atoms with E-state index in [4.69, 9.17) is 0 Å². The van der Waals surface area contributed by atoms with Crippen LogP contribution in [0, 0.1) is 0 Å². The summed E-state index contributed by atoms with van der Waals surface area (Å²) in [5.74, 6) is 0.756. The molecule has 110 valence electrons. The number of anilines is 1. The van der Waals surface area contributed by atoms with Crippen molar-refractivity contribution in [2.24, 2.45) is 0 Å². The van der Waals surface area contributed by atoms with Crippen LogP contribution in [0.3, 0.4) is 0 Å². The van der Waals surface area contributed by atoms with Gasteiger partial charge in [-0.3, -0.25) is 4.98 Å². The third kappa shape index (κ3) is 3.04. The quantitative estimate of drug-likeness (QED) is 0.906. The maximum absolute atomic E-state index is 11.2. The zero-order valence-electron chi connectivity index (χ0n) is 11.7. The second-order valence-electron chi connectivity index (χ2n) is 5.24. The molecule has 1 atom stereocenters. The van der Waals surface area contributed by atoms with Gasteiger partial charge in [0.05, 0.1) is 17.1 Å². The number of piperidine rings is 1. The third-order valence-corrected chi connectivity index (χ3v) is 3.85. The molecular formula is C15H18N4O2. The number of nitrogens with zero attached hydrogens (tertiary/aromatic N) is 3. The number of rotatable bonds is 3. The summed E-state index contributed by atoms with van der Waals surface area (Å²) < 4.78 is 0. The fraction of sp³-hybridized carbons (Fsp3) is 0.400. The van der Waals surface area contributed by atoms with Gasteiger partial charge in [-0.05, 0) is 43.5 Å². The maximum atomic E-state index is 11.2. The van der Waals surface area contributed by atoms with Crippen molar-refractivity contribution >= 4 is 22.9 Å². The Morgan fingerprint density at radius 3 is 3.10 bits per heavy atom. The molecule has 1 fully saturated rings. The molecule has 0 radical (unpaired) electrons. The Labute approximate surface area is 122 Å². The Kier molecular flexibility index (Phi) is 3.85. The fourth-order valence-corrected chi connectivity index (χ4v) is 2.74. The van der Waals surface area contributed by atoms with Gasteiger partial charge in [0.2, 0.25) is 0 Å². The normalized spacial score (nSPS) is 18.7. The predicted molar refractivity (Wildman–Crippen MR) is 80.4 cm³/mol. The van der Waals surface area contributed by atoms with Crippen LogP contribution in [0.2, 0.25) is 0 Å². The van der Waals surface area contributed by atoms with Gasteiger partial charge in [0.25, 0.3) is 0 Å². The van der Waals surface area contributed by atoms with Crippen molar-refractivity contribution < 1.29 is 9.90 Å². The van der Waals surface area contributed by atoms with Crippen molar-refractivity contribution in [3.8, 4) is 0 Å². The van der Waals surface area contributed by atoms with Gasteiger partial charge < -0.3 is 15.3 Å². The van der Waals surface area contributed by atoms with Crippen molar-refractivity contribution in [2.45, 2.75) is 25.3 Å². The summed E-state index contributed by atoms with van der Waals surface area (Å²) >= 11 is 0. The topological polar surface area (TPSA) is 78.4 Å². The Balaban J connectivity index is 1.69. The molecule has 1 amide bonds. The number of carbonyl (C=O) groups is 1. The van der Waals surface area contributed by atoms with E-state index in [-0.39, 0.29) is 6.04 Å².